The van der Waals surface area contributed by atoms with E-state index in [-0.39, 0.29) is 12.4 Å². The fourth-order valence-electron chi connectivity index (χ4n) is 1.22. The molecule has 0 aliphatic carbocycles. The Morgan fingerprint density at radius 2 is 1.50 bits per heavy atom. The van der Waals surface area contributed by atoms with Gasteiger partial charge in [-0.25, -0.2) is 4.79 Å². The molecule has 0 saturated heterocycles. The van der Waals surface area contributed by atoms with Gasteiger partial charge in [0.1, 0.15) is 0 Å². The van der Waals surface area contributed by atoms with Crippen molar-refractivity contribution in [3.63, 3.8) is 0 Å². The quantitative estimate of drug-likeness (QED) is 0.440. The summed E-state index contributed by atoms with van der Waals surface area (Å²) in [4.78, 5) is 11.5. The molecule has 0 aliphatic rings. The maximum atomic E-state index is 11.5. The summed E-state index contributed by atoms with van der Waals surface area (Å²) in [5, 5.41) is 0. The molecule has 0 N–H and O–H groups in total. The molecule has 0 spiro atoms. The van der Waals surface area contributed by atoms with Gasteiger partial charge in [0, 0.05) is 0 Å². The summed E-state index contributed by atoms with van der Waals surface area (Å²) in [5.41, 5.74) is 0. The summed E-state index contributed by atoms with van der Waals surface area (Å²) in [6.45, 7) is 2.21. The molecule has 0 bridgehead atoms. The Kier molecular flexibility index (Phi) is 9.63. The number of hydrogen-bond donors (Lipinski definition) is 0. The number of amides is 1. The smallest absolute Gasteiger partial charge is 0.313 e. The summed E-state index contributed by atoms with van der Waals surface area (Å²) in [6.07, 6.45) is 6.86. The van der Waals surface area contributed by atoms with Crippen LogP contribution in [0, 0.1) is 0 Å². The third-order valence-corrected chi connectivity index (χ3v) is 2.24. The fourth-order valence-corrected chi connectivity index (χ4v) is 1.22. The Bertz CT molecular complexity index is 152. The lowest BCUT2D eigenvalue weighted by Gasteiger charge is -2.20. The number of carbonyl (C=O) groups is 1. The molecule has 0 rings (SSSR count). The molecule has 0 radical (unpaired) electrons. The highest BCUT2D eigenvalue weighted by Crippen LogP contribution is 2.07. The summed E-state index contributed by atoms with van der Waals surface area (Å²) in [7, 11) is 5.82. The highest BCUT2D eigenvalue weighted by Gasteiger charge is 2.18. The van der Waals surface area contributed by atoms with Gasteiger partial charge in [0.25, 0.3) is 0 Å². The van der Waals surface area contributed by atoms with Gasteiger partial charge in [0.2, 0.25) is 0 Å². The predicted molar refractivity (Wildman–Crippen MR) is 56.4 cm³/mol. The standard InChI is InChI=1S/C11H24NO.ClH/c1-5-6-7-8-9-10-11(13)12(2,3)4;/h5-10H2,1-4H3;1H/q+1;/p-1. The van der Waals surface area contributed by atoms with Crippen LogP contribution in [0.4, 0.5) is 0 Å². The van der Waals surface area contributed by atoms with Gasteiger partial charge in [-0.05, 0) is 6.42 Å². The maximum absolute atomic E-state index is 11.5. The van der Waals surface area contributed by atoms with Gasteiger partial charge in [-0.1, -0.05) is 32.6 Å². The number of nitrogens with zero attached hydrogens (tertiary/aromatic N) is 1. The number of halogens is 1. The first-order chi connectivity index (χ1) is 5.98. The number of quaternary nitrogens is 1. The first kappa shape index (κ1) is 16.4. The highest BCUT2D eigenvalue weighted by molar-refractivity contribution is 5.68. The number of hydrogen-bond acceptors (Lipinski definition) is 1. The third-order valence-electron chi connectivity index (χ3n) is 2.24. The van der Waals surface area contributed by atoms with E-state index in [0.29, 0.717) is 10.4 Å². The zero-order valence-corrected chi connectivity index (χ0v) is 10.7. The fraction of sp³-hybridized carbons (Fsp3) is 0.909. The Balaban J connectivity index is 0. The predicted octanol–water partition coefficient (Wildman–Crippen LogP) is -0.416. The van der Waals surface area contributed by atoms with Crippen LogP contribution >= 0.6 is 0 Å². The van der Waals surface area contributed by atoms with Crippen molar-refractivity contribution in [1.82, 2.24) is 0 Å². The molecule has 14 heavy (non-hydrogen) atoms. The van der Waals surface area contributed by atoms with E-state index < -0.39 is 0 Å². The monoisotopic (exact) mass is 221 g/mol. The minimum absolute atomic E-state index is 0. The molecule has 0 aliphatic heterocycles. The molecule has 0 saturated carbocycles. The van der Waals surface area contributed by atoms with E-state index in [2.05, 4.69) is 6.92 Å². The average Bonchev–Trinajstić information content (AvgIpc) is 2.02. The Morgan fingerprint density at radius 1 is 1.00 bits per heavy atom. The van der Waals surface area contributed by atoms with E-state index in [9.17, 15) is 4.79 Å². The molecule has 86 valence electrons. The highest BCUT2D eigenvalue weighted by atomic mass is 35.5. The molecule has 0 aromatic heterocycles. The van der Waals surface area contributed by atoms with Crippen LogP contribution in [0.2, 0.25) is 0 Å². The molecule has 3 heteroatoms. The molecule has 2 nitrogen and oxygen atoms in total. The lowest BCUT2D eigenvalue weighted by Crippen LogP contribution is -3.00. The molecule has 0 heterocycles. The van der Waals surface area contributed by atoms with Gasteiger partial charge in [0.05, 0.1) is 27.6 Å². The Labute approximate surface area is 94.7 Å². The van der Waals surface area contributed by atoms with Crippen molar-refractivity contribution in [3.05, 3.63) is 0 Å². The van der Waals surface area contributed by atoms with E-state index in [1.807, 2.05) is 21.1 Å². The van der Waals surface area contributed by atoms with E-state index >= 15 is 0 Å². The van der Waals surface area contributed by atoms with Crippen molar-refractivity contribution in [2.75, 3.05) is 21.1 Å². The maximum Gasteiger partial charge on any atom is 0.313 e. The van der Waals surface area contributed by atoms with Crippen LogP contribution in [0.1, 0.15) is 45.4 Å². The molecular formula is C11H24ClNO. The average molecular weight is 222 g/mol. The zero-order chi connectivity index (χ0) is 10.3. The van der Waals surface area contributed by atoms with Gasteiger partial charge in [-0.15, -0.1) is 0 Å². The molecule has 0 aromatic rings. The second kappa shape index (κ2) is 8.25. The first-order valence-electron chi connectivity index (χ1n) is 5.33. The van der Waals surface area contributed by atoms with Gasteiger partial charge < -0.3 is 12.4 Å². The largest absolute Gasteiger partial charge is 1.00 e. The second-order valence-electron chi connectivity index (χ2n) is 4.57. The van der Waals surface area contributed by atoms with E-state index in [1.165, 1.54) is 25.7 Å². The van der Waals surface area contributed by atoms with E-state index in [0.717, 1.165) is 12.8 Å². The molecule has 0 unspecified atom stereocenters. The Morgan fingerprint density at radius 3 is 1.93 bits per heavy atom. The van der Waals surface area contributed by atoms with Crippen molar-refractivity contribution in [1.29, 1.82) is 0 Å². The molecule has 0 atom stereocenters. The van der Waals surface area contributed by atoms with Crippen molar-refractivity contribution < 1.29 is 21.7 Å². The number of unbranched alkanes of at least 4 members (excludes halogenated alkanes) is 4. The van der Waals surface area contributed by atoms with Crippen LogP contribution in [0.3, 0.4) is 0 Å². The van der Waals surface area contributed by atoms with Gasteiger partial charge in [-0.2, -0.15) is 0 Å². The number of rotatable bonds is 6. The van der Waals surface area contributed by atoms with Gasteiger partial charge >= 0.3 is 5.91 Å². The lowest BCUT2D eigenvalue weighted by molar-refractivity contribution is -0.792. The normalized spacial score (nSPS) is 10.9. The van der Waals surface area contributed by atoms with Crippen LogP contribution in [0.5, 0.6) is 0 Å². The minimum Gasteiger partial charge on any atom is -1.00 e. The molecule has 0 fully saturated rings. The molecule has 1 amide bonds. The van der Waals surface area contributed by atoms with Crippen LogP contribution in [0.25, 0.3) is 0 Å². The number of carbonyl (C=O) groups excluding carboxylic acids is 1. The van der Waals surface area contributed by atoms with Crippen LogP contribution in [-0.2, 0) is 4.79 Å². The zero-order valence-electron chi connectivity index (χ0n) is 9.98. The third kappa shape index (κ3) is 8.52. The van der Waals surface area contributed by atoms with Crippen LogP contribution < -0.4 is 12.4 Å². The van der Waals surface area contributed by atoms with E-state index in [1.54, 1.807) is 0 Å². The van der Waals surface area contributed by atoms with Crippen molar-refractivity contribution in [2.45, 2.75) is 45.4 Å². The van der Waals surface area contributed by atoms with Crippen LogP contribution in [0.15, 0.2) is 0 Å². The molecular weight excluding hydrogens is 198 g/mol. The second-order valence-corrected chi connectivity index (χ2v) is 4.57. The summed E-state index contributed by atoms with van der Waals surface area (Å²) in [6, 6.07) is 0. The van der Waals surface area contributed by atoms with Gasteiger partial charge in [0.15, 0.2) is 0 Å². The summed E-state index contributed by atoms with van der Waals surface area (Å²) in [5.74, 6) is 0.344. The van der Waals surface area contributed by atoms with Crippen LogP contribution in [-0.4, -0.2) is 31.5 Å². The first-order valence-corrected chi connectivity index (χ1v) is 5.33. The Hall–Kier alpha value is -0.0800. The SMILES string of the molecule is CCCCCCCC(=O)[N+](C)(C)C.[Cl-]. The topological polar surface area (TPSA) is 17.1 Å². The van der Waals surface area contributed by atoms with Crippen molar-refractivity contribution in [3.8, 4) is 0 Å². The van der Waals surface area contributed by atoms with E-state index in [4.69, 9.17) is 0 Å². The lowest BCUT2D eigenvalue weighted by atomic mass is 10.1. The summed E-state index contributed by atoms with van der Waals surface area (Å²) >= 11 is 0. The molecule has 0 aromatic carbocycles. The minimum atomic E-state index is 0. The van der Waals surface area contributed by atoms with Gasteiger partial charge in [-0.3, -0.25) is 4.48 Å². The summed E-state index contributed by atoms with van der Waals surface area (Å²) < 4.78 is 0.466. The van der Waals surface area contributed by atoms with Crippen molar-refractivity contribution >= 4 is 5.91 Å². The van der Waals surface area contributed by atoms with Crippen molar-refractivity contribution in [2.24, 2.45) is 0 Å².